The molecule has 6 rings (SSSR count). The zero-order valence-electron chi connectivity index (χ0n) is 15.1. The number of furan rings is 1. The molecule has 2 aromatic rings. The van der Waals surface area contributed by atoms with E-state index in [-0.39, 0.29) is 18.5 Å². The Morgan fingerprint density at radius 2 is 2.00 bits per heavy atom. The van der Waals surface area contributed by atoms with E-state index in [0.717, 1.165) is 17.8 Å². The zero-order valence-corrected chi connectivity index (χ0v) is 15.1. The van der Waals surface area contributed by atoms with E-state index in [9.17, 15) is 4.79 Å². The topological polar surface area (TPSA) is 85.8 Å². The highest BCUT2D eigenvalue weighted by Crippen LogP contribution is 2.61. The second-order valence-electron chi connectivity index (χ2n) is 8.69. The van der Waals surface area contributed by atoms with Crippen LogP contribution in [0.2, 0.25) is 0 Å². The van der Waals surface area contributed by atoms with Crippen LogP contribution in [0.5, 0.6) is 0 Å². The van der Waals surface area contributed by atoms with E-state index in [2.05, 4.69) is 27.7 Å². The Morgan fingerprint density at radius 1 is 1.31 bits per heavy atom. The molecule has 2 heterocycles. The predicted octanol–water partition coefficient (Wildman–Crippen LogP) is 2.65. The van der Waals surface area contributed by atoms with E-state index in [4.69, 9.17) is 4.42 Å². The van der Waals surface area contributed by atoms with Gasteiger partial charge in [0.15, 0.2) is 5.76 Å². The lowest BCUT2D eigenvalue weighted by atomic mass is 9.48. The minimum atomic E-state index is -0.0448. The predicted molar refractivity (Wildman–Crippen MR) is 93.7 cm³/mol. The van der Waals surface area contributed by atoms with Crippen LogP contribution in [0.4, 0.5) is 0 Å². The summed E-state index contributed by atoms with van der Waals surface area (Å²) in [5.41, 5.74) is 0.305. The summed E-state index contributed by atoms with van der Waals surface area (Å²) >= 11 is 0. The smallest absolute Gasteiger partial charge is 0.243 e. The van der Waals surface area contributed by atoms with Crippen molar-refractivity contribution in [2.24, 2.45) is 23.2 Å². The minimum Gasteiger partial charge on any atom is -0.461 e. The third-order valence-electron chi connectivity index (χ3n) is 6.86. The van der Waals surface area contributed by atoms with Crippen LogP contribution in [0.1, 0.15) is 45.4 Å². The normalized spacial score (nSPS) is 33.3. The van der Waals surface area contributed by atoms with E-state index in [1.807, 2.05) is 0 Å². The van der Waals surface area contributed by atoms with Crippen molar-refractivity contribution in [1.29, 1.82) is 0 Å². The largest absolute Gasteiger partial charge is 0.461 e. The highest BCUT2D eigenvalue weighted by Gasteiger charge is 2.53. The summed E-state index contributed by atoms with van der Waals surface area (Å²) in [4.78, 5) is 13.9. The molecule has 4 aliphatic carbocycles. The van der Waals surface area contributed by atoms with Crippen LogP contribution in [0.25, 0.3) is 11.6 Å². The molecule has 0 aliphatic heterocycles. The third kappa shape index (κ3) is 2.73. The second kappa shape index (κ2) is 5.93. The highest BCUT2D eigenvalue weighted by molar-refractivity contribution is 5.75. The lowest BCUT2D eigenvalue weighted by Crippen LogP contribution is -2.56. The van der Waals surface area contributed by atoms with Gasteiger partial charge in [-0.05, 0) is 86.0 Å². The van der Waals surface area contributed by atoms with Gasteiger partial charge in [0.05, 0.1) is 6.26 Å². The molecule has 4 aliphatic rings. The van der Waals surface area contributed by atoms with E-state index < -0.39 is 0 Å². The number of nitrogens with one attached hydrogen (secondary N) is 1. The molecule has 0 radical (unpaired) electrons. The molecule has 2 aromatic heterocycles. The molecule has 0 unspecified atom stereocenters. The standard InChI is InChI=1S/C19H25N5O2/c1-12(19-8-13-5-14(9-19)7-15(6-13)10-19)20-17(25)11-24-22-18(21-23-24)16-3-2-4-26-16/h2-4,12-15H,5-11H2,1H3,(H,20,25)/t12-,13?,14?,15?,19?/m0/s1. The fraction of sp³-hybridized carbons (Fsp3) is 0.684. The van der Waals surface area contributed by atoms with E-state index in [1.54, 1.807) is 18.4 Å². The fourth-order valence-corrected chi connectivity index (χ4v) is 6.09. The minimum absolute atomic E-state index is 0.0448. The third-order valence-corrected chi connectivity index (χ3v) is 6.86. The summed E-state index contributed by atoms with van der Waals surface area (Å²) < 4.78 is 5.26. The van der Waals surface area contributed by atoms with Crippen LogP contribution in [0, 0.1) is 23.2 Å². The van der Waals surface area contributed by atoms with Crippen molar-refractivity contribution in [1.82, 2.24) is 25.5 Å². The van der Waals surface area contributed by atoms with Crippen molar-refractivity contribution < 1.29 is 9.21 Å². The number of hydrogen-bond donors (Lipinski definition) is 1. The van der Waals surface area contributed by atoms with Crippen molar-refractivity contribution in [3.63, 3.8) is 0 Å². The fourth-order valence-electron chi connectivity index (χ4n) is 6.09. The van der Waals surface area contributed by atoms with Crippen LogP contribution >= 0.6 is 0 Å². The van der Waals surface area contributed by atoms with Gasteiger partial charge >= 0.3 is 0 Å². The van der Waals surface area contributed by atoms with Crippen molar-refractivity contribution in [3.8, 4) is 11.6 Å². The van der Waals surface area contributed by atoms with Crippen molar-refractivity contribution >= 4 is 5.91 Å². The Bertz CT molecular complexity index is 761. The van der Waals surface area contributed by atoms with Gasteiger partial charge in [0, 0.05) is 6.04 Å². The molecule has 1 amide bonds. The van der Waals surface area contributed by atoms with E-state index in [0.29, 0.717) is 17.0 Å². The first-order valence-electron chi connectivity index (χ1n) is 9.71. The lowest BCUT2D eigenvalue weighted by molar-refractivity contribution is -0.126. The number of nitrogens with zero attached hydrogens (tertiary/aromatic N) is 4. The van der Waals surface area contributed by atoms with E-state index in [1.165, 1.54) is 43.3 Å². The molecule has 4 fully saturated rings. The van der Waals surface area contributed by atoms with Gasteiger partial charge in [-0.15, -0.1) is 10.2 Å². The van der Waals surface area contributed by atoms with Gasteiger partial charge in [-0.3, -0.25) is 4.79 Å². The molecule has 7 nitrogen and oxygen atoms in total. The highest BCUT2D eigenvalue weighted by atomic mass is 16.3. The number of hydrogen-bond acceptors (Lipinski definition) is 5. The Hall–Kier alpha value is -2.18. The molecule has 138 valence electrons. The first kappa shape index (κ1) is 16.0. The zero-order chi connectivity index (χ0) is 17.7. The molecule has 1 atom stereocenters. The molecule has 1 N–H and O–H groups in total. The molecule has 26 heavy (non-hydrogen) atoms. The number of rotatable bonds is 5. The molecule has 7 heteroatoms. The first-order valence-corrected chi connectivity index (χ1v) is 9.71. The van der Waals surface area contributed by atoms with Gasteiger partial charge in [-0.25, -0.2) is 0 Å². The average molecular weight is 355 g/mol. The Morgan fingerprint density at radius 3 is 2.62 bits per heavy atom. The Balaban J connectivity index is 1.23. The maximum Gasteiger partial charge on any atom is 0.243 e. The summed E-state index contributed by atoms with van der Waals surface area (Å²) in [5, 5.41) is 15.4. The lowest BCUT2D eigenvalue weighted by Gasteiger charge is -2.59. The maximum atomic E-state index is 12.5. The Labute approximate surface area is 152 Å². The SMILES string of the molecule is C[C@H](NC(=O)Cn1nnc(-c2ccco2)n1)C12CC3CC(CC(C3)C1)C2. The summed E-state index contributed by atoms with van der Waals surface area (Å²) in [6.07, 6.45) is 9.66. The number of carbonyl (C=O) groups is 1. The molecular formula is C19H25N5O2. The first-order chi connectivity index (χ1) is 12.6. The van der Waals surface area contributed by atoms with Gasteiger partial charge in [0.25, 0.3) is 0 Å². The Kier molecular flexibility index (Phi) is 3.65. The van der Waals surface area contributed by atoms with Gasteiger partial charge in [0.1, 0.15) is 6.54 Å². The maximum absolute atomic E-state index is 12.5. The van der Waals surface area contributed by atoms with Crippen LogP contribution in [0.15, 0.2) is 22.8 Å². The average Bonchev–Trinajstić information content (AvgIpc) is 3.24. The van der Waals surface area contributed by atoms with Crippen molar-refractivity contribution in [2.75, 3.05) is 0 Å². The van der Waals surface area contributed by atoms with Crippen LogP contribution in [-0.2, 0) is 11.3 Å². The summed E-state index contributed by atoms with van der Waals surface area (Å²) in [7, 11) is 0. The molecule has 4 saturated carbocycles. The second-order valence-corrected chi connectivity index (χ2v) is 8.69. The van der Waals surface area contributed by atoms with Gasteiger partial charge in [-0.2, -0.15) is 4.80 Å². The number of aromatic nitrogens is 4. The molecule has 0 saturated heterocycles. The molecule has 4 bridgehead atoms. The van der Waals surface area contributed by atoms with Crippen LogP contribution in [0.3, 0.4) is 0 Å². The van der Waals surface area contributed by atoms with Gasteiger partial charge in [-0.1, -0.05) is 0 Å². The summed E-state index contributed by atoms with van der Waals surface area (Å²) in [6.45, 7) is 2.28. The monoisotopic (exact) mass is 355 g/mol. The molecule has 0 spiro atoms. The summed E-state index contributed by atoms with van der Waals surface area (Å²) in [6, 6.07) is 3.75. The summed E-state index contributed by atoms with van der Waals surface area (Å²) in [5.74, 6) is 3.56. The van der Waals surface area contributed by atoms with Crippen molar-refractivity contribution in [3.05, 3.63) is 18.4 Å². The number of amides is 1. The van der Waals surface area contributed by atoms with Gasteiger partial charge < -0.3 is 9.73 Å². The van der Waals surface area contributed by atoms with E-state index >= 15 is 0 Å². The quantitative estimate of drug-likeness (QED) is 0.891. The van der Waals surface area contributed by atoms with Crippen LogP contribution in [-0.4, -0.2) is 32.2 Å². The number of carbonyl (C=O) groups excluding carboxylic acids is 1. The van der Waals surface area contributed by atoms with Gasteiger partial charge in [0.2, 0.25) is 11.7 Å². The molecule has 0 aromatic carbocycles. The molecular weight excluding hydrogens is 330 g/mol. The van der Waals surface area contributed by atoms with Crippen molar-refractivity contribution in [2.45, 2.75) is 58.0 Å². The van der Waals surface area contributed by atoms with Crippen LogP contribution < -0.4 is 5.32 Å². The number of tetrazole rings is 1.